The van der Waals surface area contributed by atoms with Gasteiger partial charge in [0.1, 0.15) is 0 Å². The van der Waals surface area contributed by atoms with Crippen molar-refractivity contribution in [2.24, 2.45) is 5.92 Å². The number of aromatic nitrogens is 1. The molecule has 5 nitrogen and oxygen atoms in total. The Kier molecular flexibility index (Phi) is 5.72. The number of pyridine rings is 1. The SMILES string of the molecule is Cc1cc(C)c(N2CC3(CCC(c4ccccc4)(N(C)C)CC3)N(CC3CCC3)C2=O)cn1. The van der Waals surface area contributed by atoms with Crippen molar-refractivity contribution in [3.63, 3.8) is 0 Å². The molecule has 2 heterocycles. The number of amides is 2. The van der Waals surface area contributed by atoms with E-state index in [0.717, 1.165) is 55.7 Å². The van der Waals surface area contributed by atoms with Gasteiger partial charge in [-0.05, 0) is 89.6 Å². The minimum Gasteiger partial charge on any atom is -0.317 e. The number of nitrogens with zero attached hydrogens (tertiary/aromatic N) is 4. The number of aryl methyl sites for hydroxylation is 2. The van der Waals surface area contributed by atoms with Crippen molar-refractivity contribution >= 4 is 11.7 Å². The van der Waals surface area contributed by atoms with E-state index in [1.54, 1.807) is 0 Å². The highest BCUT2D eigenvalue weighted by molar-refractivity contribution is 5.96. The van der Waals surface area contributed by atoms with Crippen LogP contribution >= 0.6 is 0 Å². The summed E-state index contributed by atoms with van der Waals surface area (Å²) in [5.74, 6) is 0.665. The smallest absolute Gasteiger partial charge is 0.317 e. The molecule has 3 fully saturated rings. The molecule has 1 saturated heterocycles. The Morgan fingerprint density at radius 3 is 2.33 bits per heavy atom. The third kappa shape index (κ3) is 3.74. The van der Waals surface area contributed by atoms with Crippen molar-refractivity contribution in [2.45, 2.75) is 69.9 Å². The molecule has 5 heteroatoms. The second-order valence-corrected chi connectivity index (χ2v) is 10.9. The molecular formula is C28H38N4O. The standard InChI is InChI=1S/C28H38N4O/c1-21-17-22(2)29-18-25(21)31-20-27(32(26(31)33)19-23-9-8-10-23)13-15-28(16-14-27,30(3)4)24-11-6-5-7-12-24/h5-7,11-12,17-18,23H,8-10,13-16,19-20H2,1-4H3. The van der Waals surface area contributed by atoms with Crippen LogP contribution in [0.5, 0.6) is 0 Å². The van der Waals surface area contributed by atoms with Crippen LogP contribution in [0.2, 0.25) is 0 Å². The van der Waals surface area contributed by atoms with Crippen LogP contribution in [0.3, 0.4) is 0 Å². The molecule has 2 amide bonds. The van der Waals surface area contributed by atoms with E-state index in [1.807, 2.05) is 18.0 Å². The molecule has 0 N–H and O–H groups in total. The third-order valence-corrected chi connectivity index (χ3v) is 8.84. The lowest BCUT2D eigenvalue weighted by Crippen LogP contribution is -2.56. The molecule has 0 bridgehead atoms. The van der Waals surface area contributed by atoms with Gasteiger partial charge in [0.15, 0.2) is 0 Å². The molecule has 1 aromatic carbocycles. The summed E-state index contributed by atoms with van der Waals surface area (Å²) in [6, 6.07) is 13.2. The number of rotatable bonds is 5. The number of hydrogen-bond acceptors (Lipinski definition) is 3. The normalized spacial score (nSPS) is 28.1. The van der Waals surface area contributed by atoms with Gasteiger partial charge in [0.05, 0.1) is 24.0 Å². The predicted molar refractivity (Wildman–Crippen MR) is 134 cm³/mol. The average Bonchev–Trinajstić information content (AvgIpc) is 3.03. The summed E-state index contributed by atoms with van der Waals surface area (Å²) in [6.07, 6.45) is 9.94. The van der Waals surface area contributed by atoms with Crippen LogP contribution in [0.1, 0.15) is 61.8 Å². The average molecular weight is 447 g/mol. The van der Waals surface area contributed by atoms with Crippen LogP contribution < -0.4 is 4.90 Å². The highest BCUT2D eigenvalue weighted by Crippen LogP contribution is 2.50. The number of carbonyl (C=O) groups is 1. The summed E-state index contributed by atoms with van der Waals surface area (Å²) in [7, 11) is 4.43. The van der Waals surface area contributed by atoms with Crippen LogP contribution in [0.4, 0.5) is 10.5 Å². The summed E-state index contributed by atoms with van der Waals surface area (Å²) >= 11 is 0. The van der Waals surface area contributed by atoms with Crippen LogP contribution in [-0.4, -0.2) is 53.5 Å². The molecule has 0 radical (unpaired) electrons. The van der Waals surface area contributed by atoms with Crippen LogP contribution in [0.25, 0.3) is 0 Å². The van der Waals surface area contributed by atoms with E-state index in [0.29, 0.717) is 5.92 Å². The fourth-order valence-electron chi connectivity index (χ4n) is 6.46. The largest absolute Gasteiger partial charge is 0.325 e. The van der Waals surface area contributed by atoms with E-state index in [-0.39, 0.29) is 17.1 Å². The predicted octanol–water partition coefficient (Wildman–Crippen LogP) is 5.51. The Bertz CT molecular complexity index is 1010. The van der Waals surface area contributed by atoms with Gasteiger partial charge in [-0.25, -0.2) is 4.79 Å². The Morgan fingerprint density at radius 1 is 1.06 bits per heavy atom. The number of hydrogen-bond donors (Lipinski definition) is 0. The second kappa shape index (κ2) is 8.43. The van der Waals surface area contributed by atoms with E-state index in [2.05, 4.69) is 72.2 Å². The molecule has 0 atom stereocenters. The molecule has 33 heavy (non-hydrogen) atoms. The first kappa shape index (κ1) is 22.4. The van der Waals surface area contributed by atoms with Gasteiger partial charge in [-0.15, -0.1) is 0 Å². The Labute approximate surface area is 198 Å². The van der Waals surface area contributed by atoms with Crippen molar-refractivity contribution < 1.29 is 4.79 Å². The molecular weight excluding hydrogens is 408 g/mol. The van der Waals surface area contributed by atoms with Crippen LogP contribution in [-0.2, 0) is 5.54 Å². The van der Waals surface area contributed by atoms with E-state index >= 15 is 0 Å². The van der Waals surface area contributed by atoms with Gasteiger partial charge >= 0.3 is 6.03 Å². The third-order valence-electron chi connectivity index (χ3n) is 8.84. The summed E-state index contributed by atoms with van der Waals surface area (Å²) in [5, 5.41) is 0. The molecule has 176 valence electrons. The lowest BCUT2D eigenvalue weighted by molar-refractivity contribution is 0.0172. The van der Waals surface area contributed by atoms with Gasteiger partial charge in [0.25, 0.3) is 0 Å². The lowest BCUT2D eigenvalue weighted by Gasteiger charge is -2.51. The first-order chi connectivity index (χ1) is 15.8. The van der Waals surface area contributed by atoms with Gasteiger partial charge < -0.3 is 4.90 Å². The van der Waals surface area contributed by atoms with Crippen molar-refractivity contribution in [3.8, 4) is 0 Å². The second-order valence-electron chi connectivity index (χ2n) is 10.9. The molecule has 2 saturated carbocycles. The Balaban J connectivity index is 1.46. The topological polar surface area (TPSA) is 39.7 Å². The maximum Gasteiger partial charge on any atom is 0.325 e. The minimum atomic E-state index is -0.0850. The highest BCUT2D eigenvalue weighted by Gasteiger charge is 2.55. The van der Waals surface area contributed by atoms with E-state index in [4.69, 9.17) is 0 Å². The fourth-order valence-corrected chi connectivity index (χ4v) is 6.46. The van der Waals surface area contributed by atoms with Crippen LogP contribution in [0.15, 0.2) is 42.6 Å². The Morgan fingerprint density at radius 2 is 1.76 bits per heavy atom. The van der Waals surface area contributed by atoms with E-state index < -0.39 is 0 Å². The Hall–Kier alpha value is -2.40. The molecule has 2 aromatic rings. The van der Waals surface area contributed by atoms with Gasteiger partial charge in [-0.1, -0.05) is 36.8 Å². The van der Waals surface area contributed by atoms with Gasteiger partial charge in [-0.3, -0.25) is 14.8 Å². The zero-order chi connectivity index (χ0) is 23.2. The maximum atomic E-state index is 13.9. The molecule has 0 unspecified atom stereocenters. The lowest BCUT2D eigenvalue weighted by atomic mass is 9.68. The molecule has 3 aliphatic rings. The maximum absolute atomic E-state index is 13.9. The van der Waals surface area contributed by atoms with Gasteiger partial charge in [0.2, 0.25) is 0 Å². The van der Waals surface area contributed by atoms with Crippen molar-refractivity contribution in [3.05, 3.63) is 59.4 Å². The van der Waals surface area contributed by atoms with Crippen molar-refractivity contribution in [1.82, 2.24) is 14.8 Å². The number of carbonyl (C=O) groups excluding carboxylic acids is 1. The number of benzene rings is 1. The molecule has 1 aromatic heterocycles. The highest BCUT2D eigenvalue weighted by atomic mass is 16.2. The molecule has 2 aliphatic carbocycles. The van der Waals surface area contributed by atoms with E-state index in [9.17, 15) is 4.79 Å². The number of anilines is 1. The van der Waals surface area contributed by atoms with Gasteiger partial charge in [0, 0.05) is 17.8 Å². The minimum absolute atomic E-state index is 0.0342. The first-order valence-corrected chi connectivity index (χ1v) is 12.6. The molecule has 1 aliphatic heterocycles. The first-order valence-electron chi connectivity index (χ1n) is 12.6. The molecule has 1 spiro atoms. The van der Waals surface area contributed by atoms with E-state index in [1.165, 1.54) is 24.8 Å². The summed E-state index contributed by atoms with van der Waals surface area (Å²) in [5.41, 5.74) is 4.47. The van der Waals surface area contributed by atoms with Crippen LogP contribution in [0, 0.1) is 19.8 Å². The van der Waals surface area contributed by atoms with Crippen molar-refractivity contribution in [1.29, 1.82) is 0 Å². The monoisotopic (exact) mass is 446 g/mol. The van der Waals surface area contributed by atoms with Crippen molar-refractivity contribution in [2.75, 3.05) is 32.1 Å². The zero-order valence-electron chi connectivity index (χ0n) is 20.7. The summed E-state index contributed by atoms with van der Waals surface area (Å²) in [4.78, 5) is 25.1. The zero-order valence-corrected chi connectivity index (χ0v) is 20.7. The fraction of sp³-hybridized carbons (Fsp3) is 0.571. The summed E-state index contributed by atoms with van der Waals surface area (Å²) in [6.45, 7) is 5.81. The summed E-state index contributed by atoms with van der Waals surface area (Å²) < 4.78 is 0. The van der Waals surface area contributed by atoms with Gasteiger partial charge in [-0.2, -0.15) is 0 Å². The number of urea groups is 1. The molecule has 5 rings (SSSR count). The quantitative estimate of drug-likeness (QED) is 0.608.